The molecule has 1 aliphatic heterocycles. The largest absolute Gasteiger partial charge is 0.352 e. The Hall–Kier alpha value is -1.14. The molecule has 1 aromatic heterocycles. The van der Waals surface area contributed by atoms with Gasteiger partial charge in [0, 0.05) is 26.7 Å². The van der Waals surface area contributed by atoms with E-state index in [0.29, 0.717) is 17.9 Å². The van der Waals surface area contributed by atoms with E-state index in [1.54, 1.807) is 0 Å². The van der Waals surface area contributed by atoms with Gasteiger partial charge in [0.1, 0.15) is 0 Å². The fourth-order valence-corrected chi connectivity index (χ4v) is 2.50. The molecule has 0 saturated carbocycles. The zero-order chi connectivity index (χ0) is 14.5. The maximum absolute atomic E-state index is 5.92. The molecule has 1 atom stereocenters. The monoisotopic (exact) mass is 298 g/mol. The fraction of sp³-hybridized carbons (Fsp3) is 0.769. The molecule has 0 aromatic carbocycles. The van der Waals surface area contributed by atoms with E-state index in [-0.39, 0.29) is 5.28 Å². The molecule has 1 saturated heterocycles. The molecule has 1 fully saturated rings. The van der Waals surface area contributed by atoms with Crippen LogP contribution in [0, 0.1) is 0 Å². The predicted molar refractivity (Wildman–Crippen MR) is 82.5 cm³/mol. The van der Waals surface area contributed by atoms with Gasteiger partial charge in [-0.25, -0.2) is 0 Å². The van der Waals surface area contributed by atoms with Crippen LogP contribution in [0.3, 0.4) is 0 Å². The Morgan fingerprint density at radius 1 is 1.20 bits per heavy atom. The second-order valence-corrected chi connectivity index (χ2v) is 5.79. The number of rotatable bonds is 5. The third-order valence-electron chi connectivity index (χ3n) is 3.57. The number of piperidine rings is 1. The first-order valence-corrected chi connectivity index (χ1v) is 7.51. The van der Waals surface area contributed by atoms with Crippen LogP contribution in [0.1, 0.15) is 26.2 Å². The minimum Gasteiger partial charge on any atom is -0.352 e. The van der Waals surface area contributed by atoms with Gasteiger partial charge >= 0.3 is 0 Å². The summed E-state index contributed by atoms with van der Waals surface area (Å²) in [5, 5.41) is 3.48. The molecule has 1 aromatic rings. The van der Waals surface area contributed by atoms with Crippen molar-refractivity contribution in [3.8, 4) is 0 Å². The number of anilines is 2. The summed E-state index contributed by atoms with van der Waals surface area (Å²) in [6, 6.07) is 0.466. The maximum atomic E-state index is 5.92. The Morgan fingerprint density at radius 2 is 1.90 bits per heavy atom. The van der Waals surface area contributed by atoms with Crippen LogP contribution < -0.4 is 10.2 Å². The van der Waals surface area contributed by atoms with Crippen LogP contribution in [-0.4, -0.2) is 59.6 Å². The van der Waals surface area contributed by atoms with Gasteiger partial charge in [-0.05, 0) is 44.5 Å². The van der Waals surface area contributed by atoms with Crippen LogP contribution in [0.5, 0.6) is 0 Å². The van der Waals surface area contributed by atoms with Gasteiger partial charge < -0.3 is 10.2 Å². The van der Waals surface area contributed by atoms with Crippen molar-refractivity contribution in [2.75, 3.05) is 43.9 Å². The van der Waals surface area contributed by atoms with E-state index in [1.165, 1.54) is 32.4 Å². The van der Waals surface area contributed by atoms with Crippen molar-refractivity contribution < 1.29 is 0 Å². The molecule has 2 heterocycles. The van der Waals surface area contributed by atoms with Gasteiger partial charge in [-0.15, -0.1) is 0 Å². The van der Waals surface area contributed by atoms with Crippen molar-refractivity contribution in [1.29, 1.82) is 0 Å². The number of halogens is 1. The number of aromatic nitrogens is 3. The van der Waals surface area contributed by atoms with Crippen molar-refractivity contribution >= 4 is 23.5 Å². The van der Waals surface area contributed by atoms with Crippen molar-refractivity contribution in [2.24, 2.45) is 0 Å². The molecule has 0 bridgehead atoms. The molecule has 6 nitrogen and oxygen atoms in total. The van der Waals surface area contributed by atoms with E-state index in [9.17, 15) is 0 Å². The molecule has 1 N–H and O–H groups in total. The van der Waals surface area contributed by atoms with Crippen molar-refractivity contribution in [2.45, 2.75) is 32.2 Å². The Labute approximate surface area is 125 Å². The number of hydrogen-bond donors (Lipinski definition) is 1. The molecule has 20 heavy (non-hydrogen) atoms. The highest BCUT2D eigenvalue weighted by atomic mass is 35.5. The average Bonchev–Trinajstić information content (AvgIpc) is 2.45. The molecule has 2 rings (SSSR count). The number of hydrogen-bond acceptors (Lipinski definition) is 6. The molecule has 112 valence electrons. The van der Waals surface area contributed by atoms with E-state index in [0.717, 1.165) is 6.54 Å². The molecule has 0 radical (unpaired) electrons. The molecule has 0 amide bonds. The molecular formula is C13H23ClN6. The molecule has 1 aliphatic rings. The fourth-order valence-electron chi connectivity index (χ4n) is 2.35. The van der Waals surface area contributed by atoms with E-state index >= 15 is 0 Å². The van der Waals surface area contributed by atoms with E-state index in [4.69, 9.17) is 11.6 Å². The lowest BCUT2D eigenvalue weighted by molar-refractivity contribution is 0.180. The van der Waals surface area contributed by atoms with Crippen molar-refractivity contribution in [3.63, 3.8) is 0 Å². The van der Waals surface area contributed by atoms with Crippen LogP contribution in [0.2, 0.25) is 5.28 Å². The minimum absolute atomic E-state index is 0.219. The SMILES string of the molecule is CC(CNc1nc(Cl)nc(N(C)C)n1)N1CCCCC1. The molecule has 1 unspecified atom stereocenters. The minimum atomic E-state index is 0.219. The first-order valence-electron chi connectivity index (χ1n) is 7.13. The van der Waals surface area contributed by atoms with E-state index in [2.05, 4.69) is 32.1 Å². The van der Waals surface area contributed by atoms with Gasteiger partial charge in [-0.2, -0.15) is 15.0 Å². The summed E-state index contributed by atoms with van der Waals surface area (Å²) in [5.41, 5.74) is 0. The first-order chi connectivity index (χ1) is 9.56. The number of nitrogens with one attached hydrogen (secondary N) is 1. The van der Waals surface area contributed by atoms with Gasteiger partial charge in [0.2, 0.25) is 17.2 Å². The normalized spacial score (nSPS) is 17.8. The number of likely N-dealkylation sites (tertiary alicyclic amines) is 1. The molecule has 0 spiro atoms. The highest BCUT2D eigenvalue weighted by Crippen LogP contribution is 2.14. The van der Waals surface area contributed by atoms with Gasteiger partial charge in [-0.3, -0.25) is 4.90 Å². The standard InChI is InChI=1S/C13H23ClN6/c1-10(20-7-5-4-6-8-20)9-15-12-16-11(14)17-13(18-12)19(2)3/h10H,4-9H2,1-3H3,(H,15,16,17,18). The smallest absolute Gasteiger partial charge is 0.230 e. The van der Waals surface area contributed by atoms with E-state index < -0.39 is 0 Å². The maximum Gasteiger partial charge on any atom is 0.230 e. The molecular weight excluding hydrogens is 276 g/mol. The predicted octanol–water partition coefficient (Wildman–Crippen LogP) is 1.88. The van der Waals surface area contributed by atoms with E-state index in [1.807, 2.05) is 19.0 Å². The van der Waals surface area contributed by atoms with Crippen molar-refractivity contribution in [3.05, 3.63) is 5.28 Å². The zero-order valence-corrected chi connectivity index (χ0v) is 13.2. The van der Waals surface area contributed by atoms with Crippen LogP contribution in [-0.2, 0) is 0 Å². The van der Waals surface area contributed by atoms with Gasteiger partial charge in [0.05, 0.1) is 0 Å². The summed E-state index contributed by atoms with van der Waals surface area (Å²) in [5.74, 6) is 1.11. The lowest BCUT2D eigenvalue weighted by Gasteiger charge is -2.32. The summed E-state index contributed by atoms with van der Waals surface area (Å²) in [7, 11) is 3.76. The Balaban J connectivity index is 1.92. The van der Waals surface area contributed by atoms with Gasteiger partial charge in [-0.1, -0.05) is 6.42 Å². The summed E-state index contributed by atoms with van der Waals surface area (Å²) in [4.78, 5) is 16.8. The number of nitrogens with zero attached hydrogens (tertiary/aromatic N) is 5. The Bertz CT molecular complexity index is 433. The highest BCUT2D eigenvalue weighted by molar-refractivity contribution is 6.28. The zero-order valence-electron chi connectivity index (χ0n) is 12.4. The topological polar surface area (TPSA) is 57.2 Å². The summed E-state index contributed by atoms with van der Waals surface area (Å²) >= 11 is 5.92. The molecule has 7 heteroatoms. The van der Waals surface area contributed by atoms with Crippen LogP contribution in [0.15, 0.2) is 0 Å². The lowest BCUT2D eigenvalue weighted by atomic mass is 10.1. The first kappa shape index (κ1) is 15.3. The van der Waals surface area contributed by atoms with Crippen LogP contribution in [0.25, 0.3) is 0 Å². The summed E-state index contributed by atoms with van der Waals surface area (Å²) in [6.07, 6.45) is 3.95. The highest BCUT2D eigenvalue weighted by Gasteiger charge is 2.17. The third kappa shape index (κ3) is 4.18. The second kappa shape index (κ2) is 7.04. The Morgan fingerprint density at radius 3 is 2.55 bits per heavy atom. The molecule has 0 aliphatic carbocycles. The van der Waals surface area contributed by atoms with Crippen molar-refractivity contribution in [1.82, 2.24) is 19.9 Å². The van der Waals surface area contributed by atoms with Crippen LogP contribution >= 0.6 is 11.6 Å². The van der Waals surface area contributed by atoms with Gasteiger partial charge in [0.25, 0.3) is 0 Å². The van der Waals surface area contributed by atoms with Crippen LogP contribution in [0.4, 0.5) is 11.9 Å². The van der Waals surface area contributed by atoms with Gasteiger partial charge in [0.15, 0.2) is 0 Å². The third-order valence-corrected chi connectivity index (χ3v) is 3.73. The second-order valence-electron chi connectivity index (χ2n) is 5.45. The summed E-state index contributed by atoms with van der Waals surface area (Å²) in [6.45, 7) is 5.41. The average molecular weight is 299 g/mol. The Kier molecular flexibility index (Phi) is 5.37. The lowest BCUT2D eigenvalue weighted by Crippen LogP contribution is -2.41. The summed E-state index contributed by atoms with van der Waals surface area (Å²) < 4.78 is 0. The quantitative estimate of drug-likeness (QED) is 0.896.